The zero-order valence-corrected chi connectivity index (χ0v) is 12.4. The predicted octanol–water partition coefficient (Wildman–Crippen LogP) is 0.881. The monoisotopic (exact) mass is 287 g/mol. The summed E-state index contributed by atoms with van der Waals surface area (Å²) in [5.41, 5.74) is 1.99. The van der Waals surface area contributed by atoms with Crippen molar-refractivity contribution in [2.75, 3.05) is 6.54 Å². The minimum Gasteiger partial charge on any atom is -0.349 e. The minimum absolute atomic E-state index is 0.0378. The first-order chi connectivity index (χ1) is 10.1. The lowest BCUT2D eigenvalue weighted by Gasteiger charge is -2.13. The van der Waals surface area contributed by atoms with E-state index in [1.54, 1.807) is 6.20 Å². The van der Waals surface area contributed by atoms with Crippen LogP contribution < -0.4 is 10.6 Å². The quantitative estimate of drug-likeness (QED) is 0.793. The van der Waals surface area contributed by atoms with E-state index < -0.39 is 0 Å². The Balaban J connectivity index is 1.66. The molecule has 21 heavy (non-hydrogen) atoms. The molecule has 2 N–H and O–H groups in total. The van der Waals surface area contributed by atoms with Gasteiger partial charge in [0.2, 0.25) is 5.91 Å². The molecule has 0 saturated carbocycles. The summed E-state index contributed by atoms with van der Waals surface area (Å²) in [5, 5.41) is 10.2. The first kappa shape index (κ1) is 15.2. The van der Waals surface area contributed by atoms with Gasteiger partial charge in [0.1, 0.15) is 0 Å². The highest BCUT2D eigenvalue weighted by Gasteiger charge is 2.07. The summed E-state index contributed by atoms with van der Waals surface area (Å²) < 4.78 is 1.87. The van der Waals surface area contributed by atoms with Crippen LogP contribution in [0.3, 0.4) is 0 Å². The van der Waals surface area contributed by atoms with E-state index in [2.05, 4.69) is 20.7 Å². The fraction of sp³-hybridized carbons (Fsp3) is 0.400. The molecule has 0 aromatic carbocycles. The van der Waals surface area contributed by atoms with Crippen LogP contribution in [0.4, 0.5) is 0 Å². The van der Waals surface area contributed by atoms with Gasteiger partial charge in [0, 0.05) is 18.4 Å². The molecular formula is C15H21N5O. The molecule has 0 aliphatic rings. The van der Waals surface area contributed by atoms with Crippen LogP contribution in [0.15, 0.2) is 36.8 Å². The summed E-state index contributed by atoms with van der Waals surface area (Å²) >= 11 is 0. The second-order valence-electron chi connectivity index (χ2n) is 5.12. The number of aryl methyl sites for hydroxylation is 1. The van der Waals surface area contributed by atoms with Crippen molar-refractivity contribution in [3.8, 4) is 0 Å². The van der Waals surface area contributed by atoms with Crippen LogP contribution in [0.25, 0.3) is 0 Å². The molecule has 112 valence electrons. The maximum absolute atomic E-state index is 11.8. The average Bonchev–Trinajstić information content (AvgIpc) is 2.89. The molecule has 1 atom stereocenters. The number of aromatic nitrogens is 3. The molecule has 0 bridgehead atoms. The van der Waals surface area contributed by atoms with Gasteiger partial charge in [0.15, 0.2) is 0 Å². The third-order valence-corrected chi connectivity index (χ3v) is 3.03. The molecule has 6 nitrogen and oxygen atoms in total. The summed E-state index contributed by atoms with van der Waals surface area (Å²) in [7, 11) is 0. The van der Waals surface area contributed by atoms with Gasteiger partial charge in [0.25, 0.3) is 0 Å². The van der Waals surface area contributed by atoms with Crippen LogP contribution in [0, 0.1) is 6.92 Å². The molecule has 1 amide bonds. The van der Waals surface area contributed by atoms with E-state index >= 15 is 0 Å². The van der Waals surface area contributed by atoms with E-state index in [0.717, 1.165) is 17.8 Å². The highest BCUT2D eigenvalue weighted by atomic mass is 16.1. The van der Waals surface area contributed by atoms with Crippen LogP contribution >= 0.6 is 0 Å². The molecule has 0 spiro atoms. The Morgan fingerprint density at radius 2 is 2.29 bits per heavy atom. The molecule has 0 aliphatic heterocycles. The lowest BCUT2D eigenvalue weighted by Crippen LogP contribution is -2.39. The Kier molecular flexibility index (Phi) is 5.45. The van der Waals surface area contributed by atoms with Gasteiger partial charge in [-0.1, -0.05) is 6.07 Å². The highest BCUT2D eigenvalue weighted by molar-refractivity contribution is 5.77. The largest absolute Gasteiger partial charge is 0.349 e. The van der Waals surface area contributed by atoms with E-state index in [0.29, 0.717) is 6.54 Å². The number of hydrogen-bond acceptors (Lipinski definition) is 4. The molecule has 0 saturated heterocycles. The number of hydrogen-bond donors (Lipinski definition) is 2. The summed E-state index contributed by atoms with van der Waals surface area (Å²) in [4.78, 5) is 15.9. The van der Waals surface area contributed by atoms with E-state index in [-0.39, 0.29) is 18.5 Å². The molecular weight excluding hydrogens is 266 g/mol. The maximum atomic E-state index is 11.8. The first-order valence-corrected chi connectivity index (χ1v) is 7.02. The maximum Gasteiger partial charge on any atom is 0.234 e. The second-order valence-corrected chi connectivity index (χ2v) is 5.12. The fourth-order valence-electron chi connectivity index (χ4n) is 1.93. The Hall–Kier alpha value is -2.21. The van der Waals surface area contributed by atoms with Crippen molar-refractivity contribution in [3.63, 3.8) is 0 Å². The molecule has 0 unspecified atom stereocenters. The van der Waals surface area contributed by atoms with Gasteiger partial charge in [-0.05, 0) is 31.5 Å². The first-order valence-electron chi connectivity index (χ1n) is 7.02. The van der Waals surface area contributed by atoms with E-state index in [9.17, 15) is 4.79 Å². The van der Waals surface area contributed by atoms with E-state index in [1.807, 2.05) is 49.1 Å². The number of amides is 1. The number of nitrogens with zero attached hydrogens (tertiary/aromatic N) is 3. The topological polar surface area (TPSA) is 71.8 Å². The van der Waals surface area contributed by atoms with Gasteiger partial charge in [-0.3, -0.25) is 14.5 Å². The van der Waals surface area contributed by atoms with Crippen molar-refractivity contribution >= 4 is 5.91 Å². The Bertz CT molecular complexity index is 566. The summed E-state index contributed by atoms with van der Waals surface area (Å²) in [6.07, 6.45) is 5.53. The van der Waals surface area contributed by atoms with Crippen molar-refractivity contribution in [2.24, 2.45) is 0 Å². The number of nitrogens with one attached hydrogen (secondary N) is 2. The lowest BCUT2D eigenvalue weighted by molar-refractivity contribution is -0.120. The molecule has 2 aromatic heterocycles. The Morgan fingerprint density at radius 3 is 2.95 bits per heavy atom. The Labute approximate surface area is 124 Å². The van der Waals surface area contributed by atoms with Gasteiger partial charge in [0.05, 0.1) is 31.5 Å². The van der Waals surface area contributed by atoms with Crippen LogP contribution in [0.2, 0.25) is 0 Å². The van der Waals surface area contributed by atoms with Crippen molar-refractivity contribution in [1.82, 2.24) is 25.4 Å². The molecule has 2 aromatic rings. The predicted molar refractivity (Wildman–Crippen MR) is 80.5 cm³/mol. The SMILES string of the molecule is Cc1cnn(C[C@H](C)NCC(=O)NCc2ccccn2)c1. The average molecular weight is 287 g/mol. The summed E-state index contributed by atoms with van der Waals surface area (Å²) in [6.45, 7) is 5.51. The molecule has 2 heterocycles. The third-order valence-electron chi connectivity index (χ3n) is 3.03. The van der Waals surface area contributed by atoms with Gasteiger partial charge in [-0.25, -0.2) is 0 Å². The smallest absolute Gasteiger partial charge is 0.234 e. The number of carbonyl (C=O) groups excluding carboxylic acids is 1. The van der Waals surface area contributed by atoms with Gasteiger partial charge >= 0.3 is 0 Å². The Morgan fingerprint density at radius 1 is 1.43 bits per heavy atom. The molecule has 0 radical (unpaired) electrons. The van der Waals surface area contributed by atoms with Gasteiger partial charge in [-0.15, -0.1) is 0 Å². The number of pyridine rings is 1. The van der Waals surface area contributed by atoms with Crippen LogP contribution in [0.5, 0.6) is 0 Å². The number of rotatable bonds is 7. The van der Waals surface area contributed by atoms with Crippen molar-refractivity contribution in [2.45, 2.75) is 33.0 Å². The zero-order chi connectivity index (χ0) is 15.1. The highest BCUT2D eigenvalue weighted by Crippen LogP contribution is 1.96. The van der Waals surface area contributed by atoms with Crippen molar-refractivity contribution in [1.29, 1.82) is 0 Å². The molecule has 6 heteroatoms. The number of carbonyl (C=O) groups is 1. The molecule has 0 aliphatic carbocycles. The van der Waals surface area contributed by atoms with Crippen molar-refractivity contribution in [3.05, 3.63) is 48.0 Å². The normalized spacial score (nSPS) is 12.1. The minimum atomic E-state index is -0.0378. The van der Waals surface area contributed by atoms with E-state index in [4.69, 9.17) is 0 Å². The lowest BCUT2D eigenvalue weighted by atomic mass is 10.3. The summed E-state index contributed by atoms with van der Waals surface area (Å²) in [6, 6.07) is 5.81. The van der Waals surface area contributed by atoms with Gasteiger partial charge < -0.3 is 10.6 Å². The van der Waals surface area contributed by atoms with Crippen molar-refractivity contribution < 1.29 is 4.79 Å². The van der Waals surface area contributed by atoms with Crippen LogP contribution in [-0.2, 0) is 17.9 Å². The molecule has 2 rings (SSSR count). The summed E-state index contributed by atoms with van der Waals surface area (Å²) in [5.74, 6) is -0.0378. The standard InChI is InChI=1S/C15H21N5O/c1-12-7-19-20(10-12)11-13(2)17-9-15(21)18-8-14-5-3-4-6-16-14/h3-7,10,13,17H,8-9,11H2,1-2H3,(H,18,21)/t13-/m0/s1. The molecule has 0 fully saturated rings. The zero-order valence-electron chi connectivity index (χ0n) is 12.4. The van der Waals surface area contributed by atoms with Crippen LogP contribution in [0.1, 0.15) is 18.2 Å². The van der Waals surface area contributed by atoms with E-state index in [1.165, 1.54) is 0 Å². The second kappa shape index (κ2) is 7.54. The third kappa shape index (κ3) is 5.35. The van der Waals surface area contributed by atoms with Gasteiger partial charge in [-0.2, -0.15) is 5.10 Å². The fourth-order valence-corrected chi connectivity index (χ4v) is 1.93. The van der Waals surface area contributed by atoms with Crippen LogP contribution in [-0.4, -0.2) is 33.3 Å².